The first-order valence-corrected chi connectivity index (χ1v) is 10.2. The second-order valence-corrected chi connectivity index (χ2v) is 9.16. The lowest BCUT2D eigenvalue weighted by molar-refractivity contribution is -0.355. The predicted octanol–water partition coefficient (Wildman–Crippen LogP) is 3.42. The fraction of sp³-hybridized carbons (Fsp3) is 0.762. The monoisotopic (exact) mass is 374 g/mol. The third-order valence-corrected chi connectivity index (χ3v) is 8.54. The van der Waals surface area contributed by atoms with Gasteiger partial charge in [-0.2, -0.15) is 0 Å². The van der Waals surface area contributed by atoms with E-state index in [4.69, 9.17) is 23.4 Å². The molecule has 0 amide bonds. The molecule has 3 saturated heterocycles. The van der Waals surface area contributed by atoms with Gasteiger partial charge in [0.1, 0.15) is 0 Å². The number of furan rings is 1. The fourth-order valence-electron chi connectivity index (χ4n) is 7.43. The largest absolute Gasteiger partial charge is 0.472 e. The van der Waals surface area contributed by atoms with Gasteiger partial charge in [0, 0.05) is 16.4 Å². The summed E-state index contributed by atoms with van der Waals surface area (Å²) in [7, 11) is 1.49. The molecule has 3 aliphatic heterocycles. The standard InChI is InChI=1S/C21H26O6/c1-11-5-7-20-15-4-3-13(16(20)17(22)23-2)25-18(20)27-19-21(11,15)9-14(26-19)12-6-8-24-10-12/h6,8,10-11,13-16,18-19H,3-5,7,9H2,1-2H3/t11?,13-,14-,15+,16-,18+,19-,20-,21-/m0/s1. The van der Waals surface area contributed by atoms with Gasteiger partial charge in [0.25, 0.3) is 0 Å². The van der Waals surface area contributed by atoms with Crippen molar-refractivity contribution in [3.05, 3.63) is 24.2 Å². The minimum Gasteiger partial charge on any atom is -0.472 e. The number of esters is 1. The SMILES string of the molecule is COC(=O)[C@@H]1[C@@H]2CC[C@H]3[C@@]45C[C@@H](c6ccoc6)O[C@H]4O[C@@H](O2)[C@]13CCC5C. The molecule has 1 aromatic heterocycles. The van der Waals surface area contributed by atoms with Gasteiger partial charge in [-0.05, 0) is 50.0 Å². The molecule has 2 saturated carbocycles. The van der Waals surface area contributed by atoms with Crippen LogP contribution in [0, 0.1) is 28.6 Å². The van der Waals surface area contributed by atoms with E-state index in [0.717, 1.165) is 37.7 Å². The van der Waals surface area contributed by atoms with E-state index in [1.165, 1.54) is 7.11 Å². The van der Waals surface area contributed by atoms with E-state index in [0.29, 0.717) is 11.8 Å². The summed E-state index contributed by atoms with van der Waals surface area (Å²) in [6, 6.07) is 1.98. The Morgan fingerprint density at radius 1 is 1.15 bits per heavy atom. The predicted molar refractivity (Wildman–Crippen MR) is 92.2 cm³/mol. The van der Waals surface area contributed by atoms with Crippen LogP contribution in [-0.4, -0.2) is 31.8 Å². The maximum absolute atomic E-state index is 12.8. The Kier molecular flexibility index (Phi) is 3.29. The smallest absolute Gasteiger partial charge is 0.312 e. The first-order valence-electron chi connectivity index (χ1n) is 10.2. The van der Waals surface area contributed by atoms with Crippen LogP contribution < -0.4 is 0 Å². The zero-order chi connectivity index (χ0) is 18.4. The van der Waals surface area contributed by atoms with Crippen LogP contribution in [0.2, 0.25) is 0 Å². The number of hydrogen-bond acceptors (Lipinski definition) is 6. The van der Waals surface area contributed by atoms with Crippen LogP contribution in [0.4, 0.5) is 0 Å². The van der Waals surface area contributed by atoms with Crippen molar-refractivity contribution in [1.29, 1.82) is 0 Å². The molecule has 6 rings (SSSR count). The highest BCUT2D eigenvalue weighted by atomic mass is 16.8. The first kappa shape index (κ1) is 16.6. The lowest BCUT2D eigenvalue weighted by Gasteiger charge is -2.63. The number of hydrogen-bond donors (Lipinski definition) is 0. The highest BCUT2D eigenvalue weighted by Crippen LogP contribution is 2.75. The second-order valence-electron chi connectivity index (χ2n) is 9.16. The summed E-state index contributed by atoms with van der Waals surface area (Å²) in [6.07, 6.45) is 7.60. The van der Waals surface area contributed by atoms with Crippen molar-refractivity contribution < 1.29 is 28.2 Å². The van der Waals surface area contributed by atoms with Gasteiger partial charge in [-0.3, -0.25) is 4.79 Å². The fourth-order valence-corrected chi connectivity index (χ4v) is 7.43. The topological polar surface area (TPSA) is 67.1 Å². The van der Waals surface area contributed by atoms with Crippen LogP contribution in [0.1, 0.15) is 50.7 Å². The molecule has 2 aliphatic carbocycles. The third kappa shape index (κ3) is 1.80. The van der Waals surface area contributed by atoms with Gasteiger partial charge in [0.15, 0.2) is 12.6 Å². The molecule has 3 bridgehead atoms. The van der Waals surface area contributed by atoms with E-state index < -0.39 is 0 Å². The number of carbonyl (C=O) groups excluding carboxylic acids is 1. The van der Waals surface area contributed by atoms with Crippen molar-refractivity contribution in [2.75, 3.05) is 7.11 Å². The molecule has 0 N–H and O–H groups in total. The summed E-state index contributed by atoms with van der Waals surface area (Å²) in [5.41, 5.74) is 0.716. The van der Waals surface area contributed by atoms with E-state index in [2.05, 4.69) is 6.92 Å². The van der Waals surface area contributed by atoms with Crippen LogP contribution in [-0.2, 0) is 23.7 Å². The number of ether oxygens (including phenoxy) is 4. The van der Waals surface area contributed by atoms with Crippen molar-refractivity contribution in [2.45, 2.75) is 63.8 Å². The van der Waals surface area contributed by atoms with Crippen LogP contribution in [0.5, 0.6) is 0 Å². The van der Waals surface area contributed by atoms with E-state index in [-0.39, 0.29) is 47.5 Å². The Labute approximate surface area is 158 Å². The number of rotatable bonds is 2. The molecule has 5 fully saturated rings. The van der Waals surface area contributed by atoms with Gasteiger partial charge >= 0.3 is 5.97 Å². The number of carbonyl (C=O) groups is 1. The van der Waals surface area contributed by atoms with Gasteiger partial charge in [0.2, 0.25) is 0 Å². The van der Waals surface area contributed by atoms with E-state index in [1.807, 2.05) is 6.07 Å². The summed E-state index contributed by atoms with van der Waals surface area (Å²) < 4.78 is 29.8. The minimum absolute atomic E-state index is 0.0283. The molecule has 2 spiro atoms. The summed E-state index contributed by atoms with van der Waals surface area (Å²) in [6.45, 7) is 2.33. The number of methoxy groups -OCH3 is 1. The lowest BCUT2D eigenvalue weighted by Crippen LogP contribution is -2.66. The van der Waals surface area contributed by atoms with Crippen molar-refractivity contribution in [3.63, 3.8) is 0 Å². The summed E-state index contributed by atoms with van der Waals surface area (Å²) >= 11 is 0. The average molecular weight is 374 g/mol. The second kappa shape index (κ2) is 5.37. The first-order chi connectivity index (χ1) is 13.1. The lowest BCUT2D eigenvalue weighted by atomic mass is 9.42. The Morgan fingerprint density at radius 3 is 2.78 bits per heavy atom. The summed E-state index contributed by atoms with van der Waals surface area (Å²) in [4.78, 5) is 12.8. The highest BCUT2D eigenvalue weighted by molar-refractivity contribution is 5.75. The van der Waals surface area contributed by atoms with Crippen molar-refractivity contribution in [3.8, 4) is 0 Å². The number of fused-ring (bicyclic) bond motifs is 1. The van der Waals surface area contributed by atoms with Crippen molar-refractivity contribution >= 4 is 5.97 Å². The molecule has 9 atom stereocenters. The van der Waals surface area contributed by atoms with Crippen LogP contribution in [0.25, 0.3) is 0 Å². The minimum atomic E-state index is -0.368. The molecule has 5 aliphatic rings. The van der Waals surface area contributed by atoms with Gasteiger partial charge < -0.3 is 23.4 Å². The third-order valence-electron chi connectivity index (χ3n) is 8.54. The maximum Gasteiger partial charge on any atom is 0.312 e. The highest BCUT2D eigenvalue weighted by Gasteiger charge is 2.78. The maximum atomic E-state index is 12.8. The molecule has 0 radical (unpaired) electrons. The molecule has 146 valence electrons. The van der Waals surface area contributed by atoms with Gasteiger partial charge in [-0.25, -0.2) is 0 Å². The summed E-state index contributed by atoms with van der Waals surface area (Å²) in [5.74, 6) is 0.484. The molecule has 6 nitrogen and oxygen atoms in total. The van der Waals surface area contributed by atoms with Gasteiger partial charge in [-0.1, -0.05) is 6.92 Å². The van der Waals surface area contributed by atoms with Gasteiger partial charge in [0.05, 0.1) is 37.8 Å². The molecular formula is C21H26O6. The van der Waals surface area contributed by atoms with E-state index in [1.54, 1.807) is 12.5 Å². The van der Waals surface area contributed by atoms with E-state index >= 15 is 0 Å². The zero-order valence-corrected chi connectivity index (χ0v) is 15.8. The van der Waals surface area contributed by atoms with Crippen LogP contribution in [0.3, 0.4) is 0 Å². The molecule has 0 aromatic carbocycles. The molecule has 4 heterocycles. The summed E-state index contributed by atoms with van der Waals surface area (Å²) in [5, 5.41) is 0. The molecule has 6 heteroatoms. The molecule has 1 aromatic rings. The van der Waals surface area contributed by atoms with Crippen molar-refractivity contribution in [2.24, 2.45) is 28.6 Å². The zero-order valence-electron chi connectivity index (χ0n) is 15.8. The Hall–Kier alpha value is -1.37. The molecular weight excluding hydrogens is 348 g/mol. The molecule has 1 unspecified atom stereocenters. The van der Waals surface area contributed by atoms with E-state index in [9.17, 15) is 4.79 Å². The van der Waals surface area contributed by atoms with Crippen LogP contribution >= 0.6 is 0 Å². The Balaban J connectivity index is 1.47. The van der Waals surface area contributed by atoms with Crippen LogP contribution in [0.15, 0.2) is 23.0 Å². The average Bonchev–Trinajstić information content (AvgIpc) is 3.36. The van der Waals surface area contributed by atoms with Gasteiger partial charge in [-0.15, -0.1) is 0 Å². The normalized spacial score (nSPS) is 52.4. The Bertz CT molecular complexity index is 761. The molecule has 27 heavy (non-hydrogen) atoms. The quantitative estimate of drug-likeness (QED) is 0.739. The Morgan fingerprint density at radius 2 is 2.00 bits per heavy atom. The van der Waals surface area contributed by atoms with Crippen molar-refractivity contribution in [1.82, 2.24) is 0 Å².